The summed E-state index contributed by atoms with van der Waals surface area (Å²) in [5, 5.41) is 2.17. The Morgan fingerprint density at radius 3 is 2.10 bits per heavy atom. The molecule has 2 aromatic carbocycles. The van der Waals surface area contributed by atoms with Gasteiger partial charge in [-0.15, -0.1) is 11.6 Å². The third-order valence-electron chi connectivity index (χ3n) is 5.41. The zero-order chi connectivity index (χ0) is 21.4. The van der Waals surface area contributed by atoms with Gasteiger partial charge in [0, 0.05) is 11.3 Å². The van der Waals surface area contributed by atoms with Crippen LogP contribution in [0.25, 0.3) is 10.8 Å². The Kier molecular flexibility index (Phi) is 12.5. The normalized spacial score (nSPS) is 11.0. The minimum atomic E-state index is 0.719. The molecule has 0 N–H and O–H groups in total. The second-order valence-electron chi connectivity index (χ2n) is 7.90. The predicted octanol–water partition coefficient (Wildman–Crippen LogP) is 8.16. The summed E-state index contributed by atoms with van der Waals surface area (Å²) in [4.78, 5) is 0. The SMILES string of the molecule is CCCCCCCOc1ccc2c(OC)c(OCCCCCCCCCl)ccc2c1. The van der Waals surface area contributed by atoms with Gasteiger partial charge in [0.05, 0.1) is 20.3 Å². The summed E-state index contributed by atoms with van der Waals surface area (Å²) in [7, 11) is 1.71. The standard InChI is InChI=1S/C26H39ClO3/c1-3-4-5-9-12-19-29-23-15-16-24-22(21-23)14-17-25(26(24)28-2)30-20-13-10-7-6-8-11-18-27/h14-17,21H,3-13,18-20H2,1-2H3. The van der Waals surface area contributed by atoms with Crippen molar-refractivity contribution in [1.82, 2.24) is 0 Å². The molecule has 0 saturated heterocycles. The molecular weight excluding hydrogens is 396 g/mol. The highest BCUT2D eigenvalue weighted by Crippen LogP contribution is 2.37. The molecule has 2 rings (SSSR count). The molecule has 0 atom stereocenters. The molecule has 0 aromatic heterocycles. The fraction of sp³-hybridized carbons (Fsp3) is 0.615. The number of unbranched alkanes of at least 4 members (excludes halogenated alkanes) is 9. The lowest BCUT2D eigenvalue weighted by Gasteiger charge is -2.14. The van der Waals surface area contributed by atoms with Crippen molar-refractivity contribution in [3.8, 4) is 17.2 Å². The molecule has 168 valence electrons. The zero-order valence-corrected chi connectivity index (χ0v) is 19.6. The lowest BCUT2D eigenvalue weighted by atomic mass is 10.1. The van der Waals surface area contributed by atoms with Gasteiger partial charge in [0.1, 0.15) is 5.75 Å². The second kappa shape index (κ2) is 15.2. The number of fused-ring (bicyclic) bond motifs is 1. The van der Waals surface area contributed by atoms with Crippen molar-refractivity contribution in [1.29, 1.82) is 0 Å². The molecule has 0 aliphatic heterocycles. The highest BCUT2D eigenvalue weighted by atomic mass is 35.5. The predicted molar refractivity (Wildman–Crippen MR) is 129 cm³/mol. The third kappa shape index (κ3) is 8.63. The molecular formula is C26H39ClO3. The van der Waals surface area contributed by atoms with E-state index in [-0.39, 0.29) is 0 Å². The number of rotatable bonds is 17. The van der Waals surface area contributed by atoms with E-state index in [1.165, 1.54) is 51.4 Å². The monoisotopic (exact) mass is 434 g/mol. The molecule has 30 heavy (non-hydrogen) atoms. The van der Waals surface area contributed by atoms with Gasteiger partial charge in [0.15, 0.2) is 11.5 Å². The summed E-state index contributed by atoms with van der Waals surface area (Å²) < 4.78 is 17.7. The van der Waals surface area contributed by atoms with Crippen LogP contribution in [0, 0.1) is 0 Å². The van der Waals surface area contributed by atoms with Gasteiger partial charge in [-0.1, -0.05) is 64.4 Å². The van der Waals surface area contributed by atoms with Crippen molar-refractivity contribution in [2.24, 2.45) is 0 Å². The number of hydrogen-bond donors (Lipinski definition) is 0. The molecule has 0 amide bonds. The molecule has 4 heteroatoms. The van der Waals surface area contributed by atoms with Gasteiger partial charge in [-0.2, -0.15) is 0 Å². The lowest BCUT2D eigenvalue weighted by molar-refractivity contribution is 0.286. The Hall–Kier alpha value is -1.61. The number of ether oxygens (including phenoxy) is 3. The second-order valence-corrected chi connectivity index (χ2v) is 8.28. The van der Waals surface area contributed by atoms with E-state index in [2.05, 4.69) is 25.1 Å². The van der Waals surface area contributed by atoms with E-state index in [0.29, 0.717) is 0 Å². The molecule has 0 aliphatic rings. The van der Waals surface area contributed by atoms with E-state index < -0.39 is 0 Å². The van der Waals surface area contributed by atoms with Gasteiger partial charge in [-0.25, -0.2) is 0 Å². The maximum absolute atomic E-state index is 6.03. The van der Waals surface area contributed by atoms with Crippen molar-refractivity contribution in [3.63, 3.8) is 0 Å². The first kappa shape index (κ1) is 24.7. The first-order chi connectivity index (χ1) is 14.8. The highest BCUT2D eigenvalue weighted by molar-refractivity contribution is 6.17. The van der Waals surface area contributed by atoms with Crippen LogP contribution < -0.4 is 14.2 Å². The molecule has 0 aliphatic carbocycles. The summed E-state index contributed by atoms with van der Waals surface area (Å²) in [5.74, 6) is 3.32. The molecule has 0 saturated carbocycles. The van der Waals surface area contributed by atoms with E-state index in [9.17, 15) is 0 Å². The van der Waals surface area contributed by atoms with Crippen LogP contribution in [-0.4, -0.2) is 26.2 Å². The van der Waals surface area contributed by atoms with Crippen LogP contribution in [0.4, 0.5) is 0 Å². The fourth-order valence-electron chi connectivity index (χ4n) is 3.65. The quantitative estimate of drug-likeness (QED) is 0.185. The molecule has 0 fully saturated rings. The summed E-state index contributed by atoms with van der Waals surface area (Å²) >= 11 is 5.72. The maximum atomic E-state index is 6.03. The van der Waals surface area contributed by atoms with Crippen LogP contribution in [0.5, 0.6) is 17.2 Å². The van der Waals surface area contributed by atoms with Gasteiger partial charge in [-0.3, -0.25) is 0 Å². The smallest absolute Gasteiger partial charge is 0.168 e. The molecule has 0 bridgehead atoms. The maximum Gasteiger partial charge on any atom is 0.168 e. The largest absolute Gasteiger partial charge is 0.494 e. The average molecular weight is 435 g/mol. The zero-order valence-electron chi connectivity index (χ0n) is 18.9. The number of benzene rings is 2. The topological polar surface area (TPSA) is 27.7 Å². The number of halogens is 1. The van der Waals surface area contributed by atoms with Crippen LogP contribution >= 0.6 is 11.6 Å². The van der Waals surface area contributed by atoms with Crippen molar-refractivity contribution >= 4 is 22.4 Å². The molecule has 0 unspecified atom stereocenters. The first-order valence-electron chi connectivity index (χ1n) is 11.7. The fourth-order valence-corrected chi connectivity index (χ4v) is 3.84. The van der Waals surface area contributed by atoms with Gasteiger partial charge in [0.25, 0.3) is 0 Å². The number of methoxy groups -OCH3 is 1. The van der Waals surface area contributed by atoms with Crippen molar-refractivity contribution in [2.75, 3.05) is 26.2 Å². The van der Waals surface area contributed by atoms with Crippen molar-refractivity contribution < 1.29 is 14.2 Å². The van der Waals surface area contributed by atoms with Crippen LogP contribution in [0.1, 0.15) is 77.6 Å². The Bertz CT molecular complexity index is 717. The first-order valence-corrected chi connectivity index (χ1v) is 12.3. The van der Waals surface area contributed by atoms with E-state index in [4.69, 9.17) is 25.8 Å². The third-order valence-corrected chi connectivity index (χ3v) is 5.68. The Labute approximate surface area is 188 Å². The summed E-state index contributed by atoms with van der Waals surface area (Å²) in [6.07, 6.45) is 13.3. The highest BCUT2D eigenvalue weighted by Gasteiger charge is 2.10. The van der Waals surface area contributed by atoms with Crippen molar-refractivity contribution in [3.05, 3.63) is 30.3 Å². The average Bonchev–Trinajstić information content (AvgIpc) is 2.77. The van der Waals surface area contributed by atoms with Crippen LogP contribution in [0.2, 0.25) is 0 Å². The van der Waals surface area contributed by atoms with E-state index in [0.717, 1.165) is 66.4 Å². The van der Waals surface area contributed by atoms with E-state index in [1.54, 1.807) is 7.11 Å². The Morgan fingerprint density at radius 2 is 1.40 bits per heavy atom. The Balaban J connectivity index is 1.83. The number of hydrogen-bond acceptors (Lipinski definition) is 3. The van der Waals surface area contributed by atoms with Crippen LogP contribution in [0.15, 0.2) is 30.3 Å². The lowest BCUT2D eigenvalue weighted by Crippen LogP contribution is -2.00. The molecule has 0 spiro atoms. The van der Waals surface area contributed by atoms with Crippen LogP contribution in [-0.2, 0) is 0 Å². The van der Waals surface area contributed by atoms with Gasteiger partial charge in [-0.05, 0) is 48.9 Å². The Morgan fingerprint density at radius 1 is 0.733 bits per heavy atom. The number of alkyl halides is 1. The van der Waals surface area contributed by atoms with Gasteiger partial charge >= 0.3 is 0 Å². The van der Waals surface area contributed by atoms with E-state index >= 15 is 0 Å². The minimum absolute atomic E-state index is 0.719. The summed E-state index contributed by atoms with van der Waals surface area (Å²) in [5.41, 5.74) is 0. The molecule has 0 radical (unpaired) electrons. The van der Waals surface area contributed by atoms with E-state index in [1.807, 2.05) is 12.1 Å². The molecule has 2 aromatic rings. The minimum Gasteiger partial charge on any atom is -0.494 e. The van der Waals surface area contributed by atoms with Crippen LogP contribution in [0.3, 0.4) is 0 Å². The molecule has 0 heterocycles. The molecule has 3 nitrogen and oxygen atoms in total. The van der Waals surface area contributed by atoms with Gasteiger partial charge in [0.2, 0.25) is 0 Å². The van der Waals surface area contributed by atoms with Gasteiger partial charge < -0.3 is 14.2 Å². The summed E-state index contributed by atoms with van der Waals surface area (Å²) in [6, 6.07) is 10.3. The van der Waals surface area contributed by atoms with Crippen molar-refractivity contribution in [2.45, 2.75) is 77.6 Å². The summed E-state index contributed by atoms with van der Waals surface area (Å²) in [6.45, 7) is 3.73.